The van der Waals surface area contributed by atoms with Crippen molar-refractivity contribution in [3.05, 3.63) is 63.9 Å². The Morgan fingerprint density at radius 3 is 2.79 bits per heavy atom. The van der Waals surface area contributed by atoms with E-state index in [1.165, 1.54) is 5.56 Å². The number of nitrogens with one attached hydrogen (secondary N) is 1. The molecule has 0 bridgehead atoms. The molecule has 1 atom stereocenters. The molecule has 28 heavy (non-hydrogen) atoms. The van der Waals surface area contributed by atoms with Crippen molar-refractivity contribution in [1.29, 1.82) is 0 Å². The maximum Gasteiger partial charge on any atom is 0.331 e. The molecule has 7 heteroatoms. The predicted octanol–water partition coefficient (Wildman–Crippen LogP) is 3.72. The zero-order chi connectivity index (χ0) is 19.1. The molecule has 0 saturated carbocycles. The number of imidazole rings is 1. The minimum Gasteiger partial charge on any atom is -0.365 e. The highest BCUT2D eigenvalue weighted by Gasteiger charge is 2.31. The van der Waals surface area contributed by atoms with Gasteiger partial charge in [-0.1, -0.05) is 43.3 Å². The first-order valence-electron chi connectivity index (χ1n) is 9.60. The Kier molecular flexibility index (Phi) is 4.24. The summed E-state index contributed by atoms with van der Waals surface area (Å²) < 4.78 is 3.61. The highest BCUT2D eigenvalue weighted by atomic mass is 32.1. The van der Waals surface area contributed by atoms with Crippen LogP contribution in [-0.4, -0.2) is 25.1 Å². The minimum absolute atomic E-state index is 0.00922. The molecule has 4 heterocycles. The van der Waals surface area contributed by atoms with Crippen molar-refractivity contribution in [2.24, 2.45) is 0 Å². The van der Waals surface area contributed by atoms with Crippen LogP contribution in [0.4, 0.5) is 5.82 Å². The zero-order valence-electron chi connectivity index (χ0n) is 15.6. The van der Waals surface area contributed by atoms with Gasteiger partial charge in [-0.3, -0.25) is 9.13 Å². The number of anilines is 1. The number of aromatic nitrogens is 4. The van der Waals surface area contributed by atoms with Gasteiger partial charge in [0.2, 0.25) is 0 Å². The molecule has 0 radical (unpaired) electrons. The lowest BCUT2D eigenvalue weighted by Crippen LogP contribution is -2.32. The van der Waals surface area contributed by atoms with Gasteiger partial charge in [0.25, 0.3) is 0 Å². The van der Waals surface area contributed by atoms with Crippen molar-refractivity contribution in [2.75, 3.05) is 5.32 Å². The monoisotopic (exact) mass is 391 g/mol. The maximum absolute atomic E-state index is 13.2. The Bertz CT molecular complexity index is 1130. The van der Waals surface area contributed by atoms with Crippen LogP contribution >= 0.6 is 11.3 Å². The Morgan fingerprint density at radius 2 is 2.04 bits per heavy atom. The van der Waals surface area contributed by atoms with Crippen molar-refractivity contribution in [2.45, 2.75) is 38.9 Å². The molecule has 0 saturated heterocycles. The molecule has 3 aliphatic rings. The topological polar surface area (TPSA) is 64.7 Å². The highest BCUT2D eigenvalue weighted by Crippen LogP contribution is 2.34. The molecule has 1 aromatic heterocycles. The summed E-state index contributed by atoms with van der Waals surface area (Å²) in [6, 6.07) is 14.5. The molecule has 0 fully saturated rings. The second-order valence-corrected chi connectivity index (χ2v) is 8.07. The van der Waals surface area contributed by atoms with E-state index >= 15 is 0 Å². The summed E-state index contributed by atoms with van der Waals surface area (Å²) in [6.45, 7) is 3.36. The molecule has 0 aliphatic carbocycles. The SMILES string of the molecule is CCCn1c2nc(-c3cccs3)nc-2c2n(c1=O)C[C@@H](Cc1ccccc1)N2. The molecule has 5 rings (SSSR count). The van der Waals surface area contributed by atoms with Crippen LogP contribution in [-0.2, 0) is 19.5 Å². The van der Waals surface area contributed by atoms with Crippen molar-refractivity contribution < 1.29 is 0 Å². The Hall–Kier alpha value is -2.93. The van der Waals surface area contributed by atoms with Crippen molar-refractivity contribution in [3.8, 4) is 22.2 Å². The van der Waals surface area contributed by atoms with E-state index in [1.807, 2.05) is 40.3 Å². The highest BCUT2D eigenvalue weighted by molar-refractivity contribution is 7.13. The number of benzene rings is 1. The van der Waals surface area contributed by atoms with Crippen molar-refractivity contribution >= 4 is 17.2 Å². The van der Waals surface area contributed by atoms with Crippen LogP contribution < -0.4 is 11.0 Å². The van der Waals surface area contributed by atoms with Gasteiger partial charge in [-0.15, -0.1) is 11.3 Å². The van der Waals surface area contributed by atoms with Crippen molar-refractivity contribution in [1.82, 2.24) is 19.1 Å². The molecule has 0 unspecified atom stereocenters. The number of fused-ring (bicyclic) bond motifs is 3. The van der Waals surface area contributed by atoms with Crippen LogP contribution in [0.15, 0.2) is 52.6 Å². The lowest BCUT2D eigenvalue weighted by Gasteiger charge is -2.13. The molecule has 1 N–H and O–H groups in total. The van der Waals surface area contributed by atoms with E-state index in [-0.39, 0.29) is 11.7 Å². The first-order chi connectivity index (χ1) is 13.7. The summed E-state index contributed by atoms with van der Waals surface area (Å²) in [5.41, 5.74) is 2.03. The normalized spacial score (nSPS) is 15.7. The Balaban J connectivity index is 1.59. The molecule has 6 nitrogen and oxygen atoms in total. The van der Waals surface area contributed by atoms with Gasteiger partial charge < -0.3 is 5.32 Å². The average molecular weight is 392 g/mol. The first kappa shape index (κ1) is 17.2. The summed E-state index contributed by atoms with van der Waals surface area (Å²) in [4.78, 5) is 23.7. The summed E-state index contributed by atoms with van der Waals surface area (Å²) in [7, 11) is 0. The number of hydrogen-bond donors (Lipinski definition) is 1. The smallest absolute Gasteiger partial charge is 0.331 e. The van der Waals surface area contributed by atoms with E-state index in [9.17, 15) is 4.79 Å². The quantitative estimate of drug-likeness (QED) is 0.563. The Labute approximate surface area is 166 Å². The molecular weight excluding hydrogens is 370 g/mol. The van der Waals surface area contributed by atoms with Crippen LogP contribution in [0.3, 0.4) is 0 Å². The number of hydrogen-bond acceptors (Lipinski definition) is 5. The van der Waals surface area contributed by atoms with Gasteiger partial charge in [0.1, 0.15) is 11.5 Å². The molecule has 0 spiro atoms. The van der Waals surface area contributed by atoms with Gasteiger partial charge in [-0.2, -0.15) is 0 Å². The van der Waals surface area contributed by atoms with Gasteiger partial charge in [-0.05, 0) is 29.9 Å². The fourth-order valence-electron chi connectivity index (χ4n) is 3.87. The predicted molar refractivity (Wildman–Crippen MR) is 112 cm³/mol. The van der Waals surface area contributed by atoms with Crippen LogP contribution in [0, 0.1) is 0 Å². The summed E-state index contributed by atoms with van der Waals surface area (Å²) in [6.07, 6.45) is 1.74. The zero-order valence-corrected chi connectivity index (χ0v) is 16.4. The number of thiophene rings is 1. The standard InChI is InChI=1S/C21H21N5OS/c1-2-10-25-20-17(23-18(24-20)16-9-6-11-28-16)19-22-15(13-26(19)21(25)27)12-14-7-4-3-5-8-14/h3-9,11,15,22H,2,10,12-13H2,1H3/t15-/m1/s1. The maximum atomic E-state index is 13.2. The summed E-state index contributed by atoms with van der Waals surface area (Å²) in [5, 5.41) is 5.56. The number of nitrogens with zero attached hydrogens (tertiary/aromatic N) is 4. The minimum atomic E-state index is -0.00922. The largest absolute Gasteiger partial charge is 0.365 e. The van der Waals surface area contributed by atoms with Gasteiger partial charge in [0.15, 0.2) is 11.6 Å². The second kappa shape index (κ2) is 6.91. The third-order valence-corrected chi connectivity index (χ3v) is 5.98. The fourth-order valence-corrected chi connectivity index (χ4v) is 4.53. The first-order valence-corrected chi connectivity index (χ1v) is 10.5. The summed E-state index contributed by atoms with van der Waals surface area (Å²) in [5.74, 6) is 2.16. The summed E-state index contributed by atoms with van der Waals surface area (Å²) >= 11 is 1.61. The van der Waals surface area contributed by atoms with E-state index in [1.54, 1.807) is 15.9 Å². The van der Waals surface area contributed by atoms with Gasteiger partial charge in [-0.25, -0.2) is 14.8 Å². The fraction of sp³-hybridized carbons (Fsp3) is 0.286. The average Bonchev–Trinajstić information content (AvgIpc) is 3.44. The third-order valence-electron chi connectivity index (χ3n) is 5.11. The van der Waals surface area contributed by atoms with Gasteiger partial charge >= 0.3 is 5.69 Å². The van der Waals surface area contributed by atoms with E-state index in [2.05, 4.69) is 24.4 Å². The van der Waals surface area contributed by atoms with Crippen molar-refractivity contribution in [3.63, 3.8) is 0 Å². The molecule has 2 aromatic rings. The third kappa shape index (κ3) is 2.82. The van der Waals surface area contributed by atoms with Crippen LogP contribution in [0.5, 0.6) is 0 Å². The van der Waals surface area contributed by atoms with Crippen LogP contribution in [0.25, 0.3) is 22.2 Å². The van der Waals surface area contributed by atoms with Gasteiger partial charge in [0.05, 0.1) is 4.88 Å². The molecule has 1 aromatic carbocycles. The number of rotatable bonds is 5. The van der Waals surface area contributed by atoms with Crippen LogP contribution in [0.2, 0.25) is 0 Å². The van der Waals surface area contributed by atoms with E-state index in [0.717, 1.165) is 29.2 Å². The van der Waals surface area contributed by atoms with E-state index in [4.69, 9.17) is 9.97 Å². The lowest BCUT2D eigenvalue weighted by molar-refractivity contribution is 0.560. The van der Waals surface area contributed by atoms with Crippen LogP contribution in [0.1, 0.15) is 18.9 Å². The van der Waals surface area contributed by atoms with E-state index in [0.29, 0.717) is 24.7 Å². The molecule has 3 aliphatic heterocycles. The molecular formula is C21H21N5OS. The van der Waals surface area contributed by atoms with Gasteiger partial charge in [0, 0.05) is 19.1 Å². The molecule has 142 valence electrons. The lowest BCUT2D eigenvalue weighted by atomic mass is 10.1. The Morgan fingerprint density at radius 1 is 1.18 bits per heavy atom. The second-order valence-electron chi connectivity index (χ2n) is 7.12. The van der Waals surface area contributed by atoms with E-state index < -0.39 is 0 Å². The molecule has 0 amide bonds.